The Kier molecular flexibility index (Phi) is 5.69. The molecule has 7 heteroatoms. The number of hydrogen-bond acceptors (Lipinski definition) is 5. The molecule has 3 rings (SSSR count). The van der Waals surface area contributed by atoms with Gasteiger partial charge >= 0.3 is 0 Å². The first kappa shape index (κ1) is 17.0. The van der Waals surface area contributed by atoms with E-state index in [1.807, 2.05) is 42.6 Å². The molecule has 6 nitrogen and oxygen atoms in total. The molecule has 0 bridgehead atoms. The molecule has 130 valence electrons. The molecule has 1 N–H and O–H groups in total. The minimum atomic E-state index is -0.251. The highest BCUT2D eigenvalue weighted by molar-refractivity contribution is 7.09. The van der Waals surface area contributed by atoms with E-state index in [0.717, 1.165) is 0 Å². The number of benzene rings is 1. The normalized spacial score (nSPS) is 10.4. The van der Waals surface area contributed by atoms with Gasteiger partial charge in [0, 0.05) is 10.9 Å². The molecule has 0 radical (unpaired) electrons. The number of anilines is 1. The van der Waals surface area contributed by atoms with E-state index >= 15 is 0 Å². The monoisotopic (exact) mass is 357 g/mol. The van der Waals surface area contributed by atoms with Gasteiger partial charge in [-0.3, -0.25) is 4.79 Å². The Bertz CT molecular complexity index is 815. The molecule has 0 aliphatic rings. The van der Waals surface area contributed by atoms with Crippen molar-refractivity contribution in [1.29, 1.82) is 0 Å². The number of thiophene rings is 1. The zero-order valence-electron chi connectivity index (χ0n) is 13.8. The average molecular weight is 357 g/mol. The number of amides is 1. The molecular weight excluding hydrogens is 338 g/mol. The molecule has 0 aliphatic carbocycles. The summed E-state index contributed by atoms with van der Waals surface area (Å²) >= 11 is 1.65. The SMILES string of the molecule is CCOc1ccccc1OCC(=O)Nc1ccnn1Cc1cccs1. The summed E-state index contributed by atoms with van der Waals surface area (Å²) < 4.78 is 12.8. The van der Waals surface area contributed by atoms with E-state index in [9.17, 15) is 4.79 Å². The molecule has 0 fully saturated rings. The zero-order chi connectivity index (χ0) is 17.5. The van der Waals surface area contributed by atoms with Crippen LogP contribution in [0.3, 0.4) is 0 Å². The van der Waals surface area contributed by atoms with E-state index in [1.165, 1.54) is 4.88 Å². The molecule has 0 saturated heterocycles. The number of nitrogens with one attached hydrogen (secondary N) is 1. The van der Waals surface area contributed by atoms with E-state index in [0.29, 0.717) is 30.5 Å². The summed E-state index contributed by atoms with van der Waals surface area (Å²) in [6.45, 7) is 2.95. The lowest BCUT2D eigenvalue weighted by molar-refractivity contribution is -0.118. The largest absolute Gasteiger partial charge is 0.490 e. The lowest BCUT2D eigenvalue weighted by atomic mass is 10.3. The van der Waals surface area contributed by atoms with Gasteiger partial charge in [-0.15, -0.1) is 11.3 Å². The Morgan fingerprint density at radius 2 is 1.96 bits per heavy atom. The minimum Gasteiger partial charge on any atom is -0.490 e. The van der Waals surface area contributed by atoms with Crippen LogP contribution in [0.15, 0.2) is 54.0 Å². The van der Waals surface area contributed by atoms with E-state index in [1.54, 1.807) is 34.3 Å². The fourth-order valence-corrected chi connectivity index (χ4v) is 2.97. The van der Waals surface area contributed by atoms with Gasteiger partial charge in [0.05, 0.1) is 19.3 Å². The van der Waals surface area contributed by atoms with Gasteiger partial charge in [0.25, 0.3) is 5.91 Å². The van der Waals surface area contributed by atoms with Crippen molar-refractivity contribution >= 4 is 23.1 Å². The van der Waals surface area contributed by atoms with Crippen molar-refractivity contribution in [3.8, 4) is 11.5 Å². The second-order valence-electron chi connectivity index (χ2n) is 5.17. The van der Waals surface area contributed by atoms with Crippen LogP contribution in [0.5, 0.6) is 11.5 Å². The van der Waals surface area contributed by atoms with Gasteiger partial charge in [-0.25, -0.2) is 4.68 Å². The first-order chi connectivity index (χ1) is 12.3. The standard InChI is InChI=1S/C18H19N3O3S/c1-2-23-15-7-3-4-8-16(15)24-13-18(22)20-17-9-10-19-21(17)12-14-6-5-11-25-14/h3-11H,2,12-13H2,1H3,(H,20,22). The van der Waals surface area contributed by atoms with Crippen molar-refractivity contribution < 1.29 is 14.3 Å². The summed E-state index contributed by atoms with van der Waals surface area (Å²) in [6.07, 6.45) is 1.66. The molecular formula is C18H19N3O3S. The predicted molar refractivity (Wildman–Crippen MR) is 97.4 cm³/mol. The minimum absolute atomic E-state index is 0.103. The van der Waals surface area contributed by atoms with Crippen LogP contribution < -0.4 is 14.8 Å². The summed E-state index contributed by atoms with van der Waals surface area (Å²) in [5.41, 5.74) is 0. The highest BCUT2D eigenvalue weighted by Gasteiger charge is 2.10. The Morgan fingerprint density at radius 3 is 2.68 bits per heavy atom. The molecule has 1 amide bonds. The molecule has 2 aromatic heterocycles. The Morgan fingerprint density at radius 1 is 1.16 bits per heavy atom. The number of rotatable bonds is 8. The van der Waals surface area contributed by atoms with Gasteiger partial charge in [0.2, 0.25) is 0 Å². The van der Waals surface area contributed by atoms with Crippen molar-refractivity contribution in [2.75, 3.05) is 18.5 Å². The number of aromatic nitrogens is 2. The van der Waals surface area contributed by atoms with Gasteiger partial charge in [-0.1, -0.05) is 18.2 Å². The van der Waals surface area contributed by atoms with Crippen molar-refractivity contribution in [3.05, 3.63) is 58.9 Å². The van der Waals surface area contributed by atoms with E-state index < -0.39 is 0 Å². The molecule has 3 aromatic rings. The van der Waals surface area contributed by atoms with Crippen molar-refractivity contribution in [2.45, 2.75) is 13.5 Å². The number of hydrogen-bond donors (Lipinski definition) is 1. The summed E-state index contributed by atoms with van der Waals surface area (Å²) in [6, 6.07) is 13.1. The van der Waals surface area contributed by atoms with Crippen LogP contribution in [0, 0.1) is 0 Å². The molecule has 0 saturated carbocycles. The number of nitrogens with zero attached hydrogens (tertiary/aromatic N) is 2. The van der Waals surface area contributed by atoms with Crippen LogP contribution in [0.1, 0.15) is 11.8 Å². The smallest absolute Gasteiger partial charge is 0.263 e. The first-order valence-electron chi connectivity index (χ1n) is 7.95. The fraction of sp³-hybridized carbons (Fsp3) is 0.222. The maximum atomic E-state index is 12.2. The van der Waals surface area contributed by atoms with E-state index in [-0.39, 0.29) is 12.5 Å². The quantitative estimate of drug-likeness (QED) is 0.671. The Balaban J connectivity index is 1.58. The van der Waals surface area contributed by atoms with Crippen LogP contribution in [0.2, 0.25) is 0 Å². The zero-order valence-corrected chi connectivity index (χ0v) is 14.7. The maximum absolute atomic E-state index is 12.2. The Hall–Kier alpha value is -2.80. The summed E-state index contributed by atoms with van der Waals surface area (Å²) in [7, 11) is 0. The van der Waals surface area contributed by atoms with Gasteiger partial charge in [-0.2, -0.15) is 5.10 Å². The van der Waals surface area contributed by atoms with Gasteiger partial charge < -0.3 is 14.8 Å². The van der Waals surface area contributed by atoms with Crippen LogP contribution in [-0.4, -0.2) is 28.9 Å². The second kappa shape index (κ2) is 8.34. The summed E-state index contributed by atoms with van der Waals surface area (Å²) in [4.78, 5) is 13.4. The maximum Gasteiger partial charge on any atom is 0.263 e. The van der Waals surface area contributed by atoms with Crippen molar-refractivity contribution in [3.63, 3.8) is 0 Å². The van der Waals surface area contributed by atoms with Gasteiger partial charge in [0.1, 0.15) is 5.82 Å². The lowest BCUT2D eigenvalue weighted by Crippen LogP contribution is -2.22. The summed E-state index contributed by atoms with van der Waals surface area (Å²) in [5, 5.41) is 9.09. The molecule has 0 atom stereocenters. The van der Waals surface area contributed by atoms with Crippen LogP contribution >= 0.6 is 11.3 Å². The van der Waals surface area contributed by atoms with Gasteiger partial charge in [-0.05, 0) is 30.5 Å². The molecule has 25 heavy (non-hydrogen) atoms. The van der Waals surface area contributed by atoms with E-state index in [2.05, 4.69) is 10.4 Å². The first-order valence-corrected chi connectivity index (χ1v) is 8.83. The van der Waals surface area contributed by atoms with E-state index in [4.69, 9.17) is 9.47 Å². The third kappa shape index (κ3) is 4.60. The van der Waals surface area contributed by atoms with Crippen LogP contribution in [-0.2, 0) is 11.3 Å². The van der Waals surface area contributed by atoms with Crippen molar-refractivity contribution in [1.82, 2.24) is 9.78 Å². The average Bonchev–Trinajstić information content (AvgIpc) is 3.27. The second-order valence-corrected chi connectivity index (χ2v) is 6.20. The number of carbonyl (C=O) groups excluding carboxylic acids is 1. The van der Waals surface area contributed by atoms with Gasteiger partial charge in [0.15, 0.2) is 18.1 Å². The highest BCUT2D eigenvalue weighted by atomic mass is 32.1. The van der Waals surface area contributed by atoms with Crippen molar-refractivity contribution in [2.24, 2.45) is 0 Å². The third-order valence-electron chi connectivity index (χ3n) is 3.38. The molecule has 0 aliphatic heterocycles. The number of para-hydroxylation sites is 2. The topological polar surface area (TPSA) is 65.4 Å². The molecule has 2 heterocycles. The van der Waals surface area contributed by atoms with Crippen LogP contribution in [0.4, 0.5) is 5.82 Å². The molecule has 1 aromatic carbocycles. The fourth-order valence-electron chi connectivity index (χ4n) is 2.28. The van der Waals surface area contributed by atoms with Crippen LogP contribution in [0.25, 0.3) is 0 Å². The summed E-state index contributed by atoms with van der Waals surface area (Å²) in [5.74, 6) is 1.56. The molecule has 0 unspecified atom stereocenters. The highest BCUT2D eigenvalue weighted by Crippen LogP contribution is 2.26. The molecule has 0 spiro atoms. The predicted octanol–water partition coefficient (Wildman–Crippen LogP) is 3.41. The number of ether oxygens (including phenoxy) is 2. The lowest BCUT2D eigenvalue weighted by Gasteiger charge is -2.12. The Labute approximate surface area is 150 Å². The third-order valence-corrected chi connectivity index (χ3v) is 4.24. The number of carbonyl (C=O) groups is 1.